The van der Waals surface area contributed by atoms with Crippen molar-refractivity contribution in [1.82, 2.24) is 0 Å². The van der Waals surface area contributed by atoms with Crippen LogP contribution in [0.3, 0.4) is 0 Å². The van der Waals surface area contributed by atoms with Gasteiger partial charge in [-0.3, -0.25) is 0 Å². The molecule has 0 N–H and O–H groups in total. The molecule has 0 aliphatic heterocycles. The van der Waals surface area contributed by atoms with E-state index in [1.165, 1.54) is 141 Å². The van der Waals surface area contributed by atoms with Gasteiger partial charge in [-0.05, 0) is 166 Å². The van der Waals surface area contributed by atoms with Gasteiger partial charge in [0.05, 0.1) is 22.5 Å². The van der Waals surface area contributed by atoms with Gasteiger partial charge in [0.1, 0.15) is 11.2 Å². The molecule has 13 aromatic rings. The number of nitrogens with zero attached hydrogens (tertiary/aromatic N) is 2. The third kappa shape index (κ3) is 8.84. The first-order chi connectivity index (χ1) is 43.1. The van der Waals surface area contributed by atoms with Crippen molar-refractivity contribution < 1.29 is 8.83 Å². The molecule has 2 saturated carbocycles. The van der Waals surface area contributed by atoms with Crippen molar-refractivity contribution in [2.24, 2.45) is 0 Å². The van der Waals surface area contributed by atoms with E-state index in [9.17, 15) is 0 Å². The van der Waals surface area contributed by atoms with Gasteiger partial charge < -0.3 is 18.6 Å². The highest BCUT2D eigenvalue weighted by Crippen LogP contribution is 2.61. The number of para-hydroxylation sites is 4. The number of fused-ring (bicyclic) bond motifs is 11. The summed E-state index contributed by atoms with van der Waals surface area (Å²) in [5.74, 6) is 1.00. The summed E-state index contributed by atoms with van der Waals surface area (Å²) >= 11 is 0. The molecule has 428 valence electrons. The first kappa shape index (κ1) is 53.4. The van der Waals surface area contributed by atoms with Gasteiger partial charge in [0, 0.05) is 44.0 Å². The fourth-order valence-electron chi connectivity index (χ4n) is 16.1. The van der Waals surface area contributed by atoms with Gasteiger partial charge in [-0.25, -0.2) is 0 Å². The number of hydrogen-bond acceptors (Lipinski definition) is 4. The first-order valence-electron chi connectivity index (χ1n) is 32.6. The molecule has 0 atom stereocenters. The predicted molar refractivity (Wildman–Crippen MR) is 365 cm³/mol. The van der Waals surface area contributed by atoms with Crippen LogP contribution in [-0.4, -0.2) is 0 Å². The Hall–Kier alpha value is -9.12. The van der Waals surface area contributed by atoms with Crippen molar-refractivity contribution in [3.05, 3.63) is 275 Å². The Balaban J connectivity index is 0.962. The van der Waals surface area contributed by atoms with E-state index >= 15 is 0 Å². The highest BCUT2D eigenvalue weighted by Gasteiger charge is 2.48. The molecule has 4 nitrogen and oxygen atoms in total. The molecular weight excluding hydrogens is 1060 g/mol. The molecule has 0 radical (unpaired) electrons. The van der Waals surface area contributed by atoms with Crippen LogP contribution in [0.15, 0.2) is 239 Å². The summed E-state index contributed by atoms with van der Waals surface area (Å²) in [6, 6.07) is 87.7. The van der Waals surface area contributed by atoms with Crippen LogP contribution in [0.1, 0.15) is 147 Å². The third-order valence-electron chi connectivity index (χ3n) is 20.1. The number of hydrogen-bond donors (Lipinski definition) is 0. The molecule has 16 rings (SSSR count). The predicted octanol–water partition coefficient (Wildman–Crippen LogP) is 23.9. The molecule has 2 aromatic heterocycles. The minimum atomic E-state index is -0.768. The lowest BCUT2D eigenvalue weighted by atomic mass is 9.67. The Labute approximate surface area is 511 Å². The van der Waals surface area contributed by atoms with E-state index < -0.39 is 5.41 Å². The largest absolute Gasteiger partial charge is 0.454 e. The maximum Gasteiger partial charge on any atom is 0.159 e. The van der Waals surface area contributed by atoms with Crippen LogP contribution in [0.4, 0.5) is 34.1 Å². The second-order valence-corrected chi connectivity index (χ2v) is 25.2. The highest BCUT2D eigenvalue weighted by molar-refractivity contribution is 6.16. The molecule has 3 aliphatic rings. The summed E-state index contributed by atoms with van der Waals surface area (Å²) in [4.78, 5) is 5.00. The van der Waals surface area contributed by atoms with Crippen molar-refractivity contribution in [3.8, 4) is 11.1 Å². The average Bonchev–Trinajstić information content (AvgIpc) is 1.63. The van der Waals surface area contributed by atoms with Gasteiger partial charge in [-0.1, -0.05) is 241 Å². The zero-order valence-corrected chi connectivity index (χ0v) is 50.2. The van der Waals surface area contributed by atoms with Crippen molar-refractivity contribution in [2.45, 2.75) is 121 Å². The van der Waals surface area contributed by atoms with Crippen molar-refractivity contribution in [2.75, 3.05) is 9.80 Å². The molecule has 87 heavy (non-hydrogen) atoms. The monoisotopic (exact) mass is 1130 g/mol. The molecular formula is C83H74N2O2. The van der Waals surface area contributed by atoms with Gasteiger partial charge >= 0.3 is 0 Å². The lowest BCUT2D eigenvalue weighted by Gasteiger charge is -2.36. The van der Waals surface area contributed by atoms with Crippen LogP contribution in [0.5, 0.6) is 0 Å². The maximum atomic E-state index is 7.44. The van der Waals surface area contributed by atoms with Crippen molar-refractivity contribution >= 4 is 88.8 Å². The number of rotatable bonds is 14. The van der Waals surface area contributed by atoms with Gasteiger partial charge in [0.2, 0.25) is 0 Å². The van der Waals surface area contributed by atoms with E-state index in [1.807, 2.05) is 0 Å². The SMILES string of the molecule is CCCc1ccc(N(c2ccc3c(c2)C(c2ccccc2)(c2ccccc2)c2cc(N(c4ccc(CCC)cc4)c4cccc5c4oc4c(C6CCCCC6)cccc45)c4ccccc4c2-3)c2cccc3c2oc2c(C4CCCCC4)cccc23)cc1. The fraction of sp³-hybridized carbons (Fsp3) is 0.229. The lowest BCUT2D eigenvalue weighted by Crippen LogP contribution is -2.29. The van der Waals surface area contributed by atoms with Crippen molar-refractivity contribution in [1.29, 1.82) is 0 Å². The van der Waals surface area contributed by atoms with Gasteiger partial charge in [-0.2, -0.15) is 0 Å². The summed E-state index contributed by atoms with van der Waals surface area (Å²) in [7, 11) is 0. The van der Waals surface area contributed by atoms with E-state index in [1.54, 1.807) is 0 Å². The topological polar surface area (TPSA) is 32.8 Å². The van der Waals surface area contributed by atoms with Gasteiger partial charge in [-0.15, -0.1) is 0 Å². The van der Waals surface area contributed by atoms with Gasteiger partial charge in [0.25, 0.3) is 0 Å². The number of anilines is 6. The maximum absolute atomic E-state index is 7.44. The summed E-state index contributed by atoms with van der Waals surface area (Å²) in [5, 5.41) is 7.07. The molecule has 0 amide bonds. The van der Waals surface area contributed by atoms with Gasteiger partial charge in [0.15, 0.2) is 11.2 Å². The molecule has 2 fully saturated rings. The van der Waals surface area contributed by atoms with Crippen LogP contribution >= 0.6 is 0 Å². The average molecular weight is 1130 g/mol. The van der Waals surface area contributed by atoms with E-state index in [-0.39, 0.29) is 0 Å². The molecule has 11 aromatic carbocycles. The zero-order chi connectivity index (χ0) is 58.0. The molecule has 4 heteroatoms. The lowest BCUT2D eigenvalue weighted by molar-refractivity contribution is 0.442. The highest BCUT2D eigenvalue weighted by atomic mass is 16.3. The molecule has 0 bridgehead atoms. The van der Waals surface area contributed by atoms with E-state index in [0.717, 1.165) is 92.9 Å². The Morgan fingerprint density at radius 2 is 0.793 bits per heavy atom. The Morgan fingerprint density at radius 3 is 1.31 bits per heavy atom. The third-order valence-corrected chi connectivity index (χ3v) is 20.1. The number of furan rings is 2. The standard InChI is InChI=1S/C83H74N2O2/c1-3-23-55-43-47-61(48-44-55)84(75-41-21-39-70-68-37-19-35-64(79(68)86-81(70)75)57-25-9-5-10-26-57)63-51-52-72-73(53-63)83(59-29-13-7-14-30-59,60-31-15-8-16-32-60)74-54-77(66-33-17-18-34-67(66)78(72)74)85(62-49-45-56(24-4-2)46-50-62)76-42-22-40-71-69-38-20-36-65(80(69)87-82(71)76)58-27-11-6-12-28-58/h7-8,13-22,29-54,57-58H,3-6,9-12,23-28H2,1-2H3. The van der Waals surface area contributed by atoms with E-state index in [0.29, 0.717) is 11.8 Å². The zero-order valence-electron chi connectivity index (χ0n) is 50.2. The quantitative estimate of drug-likeness (QED) is 0.109. The number of benzene rings is 11. The minimum absolute atomic E-state index is 0.497. The van der Waals surface area contributed by atoms with Crippen LogP contribution in [-0.2, 0) is 18.3 Å². The molecule has 3 aliphatic carbocycles. The van der Waals surface area contributed by atoms with Crippen LogP contribution in [0.25, 0.3) is 65.8 Å². The molecule has 0 saturated heterocycles. The Kier molecular flexibility index (Phi) is 13.7. The second-order valence-electron chi connectivity index (χ2n) is 25.2. The second kappa shape index (κ2) is 22.3. The van der Waals surface area contributed by atoms with Crippen LogP contribution < -0.4 is 9.80 Å². The summed E-state index contributed by atoms with van der Waals surface area (Å²) < 4.78 is 14.8. The minimum Gasteiger partial charge on any atom is -0.454 e. The van der Waals surface area contributed by atoms with Crippen molar-refractivity contribution in [3.63, 3.8) is 0 Å². The first-order valence-corrected chi connectivity index (χ1v) is 32.6. The number of aryl methyl sites for hydroxylation is 2. The Bertz CT molecular complexity index is 4630. The van der Waals surface area contributed by atoms with E-state index in [2.05, 4.69) is 254 Å². The van der Waals surface area contributed by atoms with Crippen LogP contribution in [0, 0.1) is 0 Å². The fourth-order valence-corrected chi connectivity index (χ4v) is 16.1. The summed E-state index contributed by atoms with van der Waals surface area (Å²) in [6.07, 6.45) is 16.8. The summed E-state index contributed by atoms with van der Waals surface area (Å²) in [5.41, 5.74) is 22.3. The molecule has 0 unspecified atom stereocenters. The smallest absolute Gasteiger partial charge is 0.159 e. The molecule has 2 heterocycles. The van der Waals surface area contributed by atoms with Crippen LogP contribution in [0.2, 0.25) is 0 Å². The normalized spacial score (nSPS) is 15.2. The van der Waals surface area contributed by atoms with E-state index in [4.69, 9.17) is 8.83 Å². The molecule has 0 spiro atoms. The summed E-state index contributed by atoms with van der Waals surface area (Å²) in [6.45, 7) is 4.53. The Morgan fingerprint density at radius 1 is 0.356 bits per heavy atom.